The molecule has 3 aromatic carbocycles. The summed E-state index contributed by atoms with van der Waals surface area (Å²) in [7, 11) is 0. The fraction of sp³-hybridized carbons (Fsp3) is 0.160. The fourth-order valence-electron chi connectivity index (χ4n) is 3.36. The molecular weight excluding hydrogens is 391 g/mol. The second kappa shape index (κ2) is 9.34. The van der Waals surface area contributed by atoms with Crippen LogP contribution in [0.4, 0.5) is 4.39 Å². The summed E-state index contributed by atoms with van der Waals surface area (Å²) in [5.74, 6) is 0.174. The summed E-state index contributed by atoms with van der Waals surface area (Å²) in [6.07, 6.45) is 1.44. The minimum absolute atomic E-state index is 0.119. The predicted molar refractivity (Wildman–Crippen MR) is 118 cm³/mol. The van der Waals surface area contributed by atoms with Gasteiger partial charge in [0.2, 0.25) is 5.82 Å². The van der Waals surface area contributed by atoms with Gasteiger partial charge in [-0.05, 0) is 48.2 Å². The molecule has 0 fully saturated rings. The first-order chi connectivity index (χ1) is 15.1. The van der Waals surface area contributed by atoms with E-state index in [2.05, 4.69) is 27.5 Å². The number of aryl methyl sites for hydroxylation is 3. The number of nitrogens with zero attached hydrogens (tertiary/aromatic N) is 3. The normalized spacial score (nSPS) is 10.8. The van der Waals surface area contributed by atoms with Crippen LogP contribution in [0.15, 0.2) is 78.9 Å². The average molecular weight is 414 g/mol. The van der Waals surface area contributed by atoms with Gasteiger partial charge in [-0.15, -0.1) is 5.10 Å². The topological polar surface area (TPSA) is 59.8 Å². The van der Waals surface area contributed by atoms with Crippen LogP contribution in [0.5, 0.6) is 0 Å². The van der Waals surface area contributed by atoms with Gasteiger partial charge < -0.3 is 5.32 Å². The van der Waals surface area contributed by atoms with E-state index in [1.54, 1.807) is 16.8 Å². The van der Waals surface area contributed by atoms with Gasteiger partial charge in [0.15, 0.2) is 0 Å². The fourth-order valence-corrected chi connectivity index (χ4v) is 3.36. The van der Waals surface area contributed by atoms with Crippen LogP contribution in [0.25, 0.3) is 5.69 Å². The number of hydrogen-bond acceptors (Lipinski definition) is 3. The number of carbonyl (C=O) groups is 1. The molecule has 1 amide bonds. The maximum Gasteiger partial charge on any atom is 0.291 e. The number of aromatic nitrogens is 3. The van der Waals surface area contributed by atoms with Crippen LogP contribution >= 0.6 is 0 Å². The minimum Gasteiger partial charge on any atom is -0.345 e. The number of carbonyl (C=O) groups excluding carboxylic acids is 1. The smallest absolute Gasteiger partial charge is 0.291 e. The molecule has 1 heterocycles. The average Bonchev–Trinajstić information content (AvgIpc) is 3.22. The molecule has 4 rings (SSSR count). The second-order valence-corrected chi connectivity index (χ2v) is 7.34. The molecule has 0 radical (unpaired) electrons. The zero-order valence-electron chi connectivity index (χ0n) is 17.3. The number of hydrogen-bond donors (Lipinski definition) is 1. The van der Waals surface area contributed by atoms with Crippen LogP contribution in [-0.2, 0) is 19.4 Å². The first-order valence-electron chi connectivity index (χ1n) is 10.2. The molecule has 0 saturated carbocycles. The highest BCUT2D eigenvalue weighted by Gasteiger charge is 2.18. The molecule has 0 spiro atoms. The van der Waals surface area contributed by atoms with Crippen molar-refractivity contribution in [3.05, 3.63) is 113 Å². The summed E-state index contributed by atoms with van der Waals surface area (Å²) in [6, 6.07) is 24.1. The summed E-state index contributed by atoms with van der Waals surface area (Å²) >= 11 is 0. The van der Waals surface area contributed by atoms with Crippen molar-refractivity contribution in [1.82, 2.24) is 20.1 Å². The molecule has 5 nitrogen and oxygen atoms in total. The third kappa shape index (κ3) is 5.04. The number of benzene rings is 3. The highest BCUT2D eigenvalue weighted by atomic mass is 19.1. The van der Waals surface area contributed by atoms with Gasteiger partial charge in [-0.3, -0.25) is 4.79 Å². The maximum atomic E-state index is 13.1. The first-order valence-corrected chi connectivity index (χ1v) is 10.2. The standard InChI is InChI=1S/C25H23FN4O/c1-18-7-5-6-10-22(18)30-23(16-13-19-8-3-2-4-9-19)28-24(29-30)25(31)27-17-20-11-14-21(26)15-12-20/h2-12,14-15H,13,16-17H2,1H3,(H,27,31). The Morgan fingerprint density at radius 2 is 1.61 bits per heavy atom. The number of halogens is 1. The lowest BCUT2D eigenvalue weighted by Gasteiger charge is -2.08. The summed E-state index contributed by atoms with van der Waals surface area (Å²) in [6.45, 7) is 2.28. The Balaban J connectivity index is 1.56. The molecule has 0 aliphatic heterocycles. The highest BCUT2D eigenvalue weighted by Crippen LogP contribution is 2.16. The molecule has 0 saturated heterocycles. The lowest BCUT2D eigenvalue weighted by molar-refractivity contribution is 0.0940. The largest absolute Gasteiger partial charge is 0.345 e. The van der Waals surface area contributed by atoms with Gasteiger partial charge in [-0.1, -0.05) is 60.7 Å². The molecule has 1 N–H and O–H groups in total. The number of nitrogens with one attached hydrogen (secondary N) is 1. The van der Waals surface area contributed by atoms with Crippen molar-refractivity contribution in [3.8, 4) is 5.69 Å². The van der Waals surface area contributed by atoms with Gasteiger partial charge in [0.1, 0.15) is 11.6 Å². The quantitative estimate of drug-likeness (QED) is 0.487. The summed E-state index contributed by atoms with van der Waals surface area (Å²) in [4.78, 5) is 17.3. The van der Waals surface area contributed by atoms with Crippen molar-refractivity contribution in [2.24, 2.45) is 0 Å². The molecule has 0 aliphatic carbocycles. The van der Waals surface area contributed by atoms with Gasteiger partial charge in [0, 0.05) is 13.0 Å². The molecule has 0 bridgehead atoms. The SMILES string of the molecule is Cc1ccccc1-n1nc(C(=O)NCc2ccc(F)cc2)nc1CCc1ccccc1. The zero-order valence-corrected chi connectivity index (χ0v) is 17.3. The van der Waals surface area contributed by atoms with Crippen LogP contribution in [0, 0.1) is 12.7 Å². The van der Waals surface area contributed by atoms with E-state index in [9.17, 15) is 9.18 Å². The Bertz CT molecular complexity index is 1170. The molecule has 31 heavy (non-hydrogen) atoms. The van der Waals surface area contributed by atoms with Crippen molar-refractivity contribution in [3.63, 3.8) is 0 Å². The van der Waals surface area contributed by atoms with Gasteiger partial charge in [-0.25, -0.2) is 14.1 Å². The van der Waals surface area contributed by atoms with Crippen molar-refractivity contribution >= 4 is 5.91 Å². The van der Waals surface area contributed by atoms with E-state index in [1.807, 2.05) is 49.4 Å². The number of rotatable bonds is 7. The van der Waals surface area contributed by atoms with Gasteiger partial charge in [0.25, 0.3) is 5.91 Å². The molecule has 1 aromatic heterocycles. The van der Waals surface area contributed by atoms with E-state index in [0.29, 0.717) is 6.42 Å². The van der Waals surface area contributed by atoms with E-state index < -0.39 is 0 Å². The van der Waals surface area contributed by atoms with Crippen molar-refractivity contribution in [1.29, 1.82) is 0 Å². The lowest BCUT2D eigenvalue weighted by Crippen LogP contribution is -2.24. The first kappa shape index (κ1) is 20.5. The van der Waals surface area contributed by atoms with Crippen LogP contribution in [0.2, 0.25) is 0 Å². The van der Waals surface area contributed by atoms with Crippen molar-refractivity contribution in [2.75, 3.05) is 0 Å². The summed E-state index contributed by atoms with van der Waals surface area (Å²) in [5.41, 5.74) is 3.95. The Hall–Kier alpha value is -3.80. The Morgan fingerprint density at radius 1 is 0.903 bits per heavy atom. The molecule has 0 unspecified atom stereocenters. The van der Waals surface area contributed by atoms with E-state index >= 15 is 0 Å². The molecule has 156 valence electrons. The Labute approximate surface area is 180 Å². The van der Waals surface area contributed by atoms with Crippen LogP contribution in [-0.4, -0.2) is 20.7 Å². The van der Waals surface area contributed by atoms with E-state index in [1.165, 1.54) is 17.7 Å². The zero-order chi connectivity index (χ0) is 21.6. The molecule has 4 aromatic rings. The van der Waals surface area contributed by atoms with Gasteiger partial charge >= 0.3 is 0 Å². The number of para-hydroxylation sites is 1. The minimum atomic E-state index is -0.363. The molecule has 6 heteroatoms. The second-order valence-electron chi connectivity index (χ2n) is 7.34. The van der Waals surface area contributed by atoms with Gasteiger partial charge in [0.05, 0.1) is 5.69 Å². The highest BCUT2D eigenvalue weighted by molar-refractivity contribution is 5.90. The van der Waals surface area contributed by atoms with E-state index in [0.717, 1.165) is 29.1 Å². The van der Waals surface area contributed by atoms with Crippen LogP contribution in [0.1, 0.15) is 33.1 Å². The lowest BCUT2D eigenvalue weighted by atomic mass is 10.1. The monoisotopic (exact) mass is 414 g/mol. The third-order valence-electron chi connectivity index (χ3n) is 5.07. The van der Waals surface area contributed by atoms with Crippen molar-refractivity contribution in [2.45, 2.75) is 26.3 Å². The van der Waals surface area contributed by atoms with Crippen LogP contribution < -0.4 is 5.32 Å². The Kier molecular flexibility index (Phi) is 6.17. The summed E-state index contributed by atoms with van der Waals surface area (Å²) in [5, 5.41) is 7.33. The molecular formula is C25H23FN4O. The number of amides is 1. The predicted octanol–water partition coefficient (Wildman–Crippen LogP) is 4.43. The third-order valence-corrected chi connectivity index (χ3v) is 5.07. The van der Waals surface area contributed by atoms with Crippen molar-refractivity contribution < 1.29 is 9.18 Å². The van der Waals surface area contributed by atoms with E-state index in [4.69, 9.17) is 0 Å². The van der Waals surface area contributed by atoms with E-state index in [-0.39, 0.29) is 24.1 Å². The van der Waals surface area contributed by atoms with Crippen LogP contribution in [0.3, 0.4) is 0 Å². The Morgan fingerprint density at radius 3 is 2.35 bits per heavy atom. The molecule has 0 atom stereocenters. The molecule has 0 aliphatic rings. The summed E-state index contributed by atoms with van der Waals surface area (Å²) < 4.78 is 14.8. The van der Waals surface area contributed by atoms with Gasteiger partial charge in [-0.2, -0.15) is 0 Å². The maximum absolute atomic E-state index is 13.1.